The fraction of sp³-hybridized carbons (Fsp3) is 0.522. The summed E-state index contributed by atoms with van der Waals surface area (Å²) < 4.78 is 32.4. The molecule has 2 unspecified atom stereocenters. The van der Waals surface area contributed by atoms with Crippen molar-refractivity contribution in [3.63, 3.8) is 0 Å². The summed E-state index contributed by atoms with van der Waals surface area (Å²) in [4.78, 5) is 39.2. The summed E-state index contributed by atoms with van der Waals surface area (Å²) in [7, 11) is -3.65. The highest BCUT2D eigenvalue weighted by molar-refractivity contribution is 7.91. The average Bonchev–Trinajstić information content (AvgIpc) is 3.47. The number of alkyl carbamates (subject to hydrolysis) is 1. The normalized spacial score (nSPS) is 20.6. The van der Waals surface area contributed by atoms with Crippen molar-refractivity contribution in [2.24, 2.45) is 11.8 Å². The van der Waals surface area contributed by atoms with E-state index in [0.29, 0.717) is 42.3 Å². The van der Waals surface area contributed by atoms with E-state index < -0.39 is 27.9 Å². The first-order chi connectivity index (χ1) is 16.7. The number of carbonyl (C=O) groups is 3. The van der Waals surface area contributed by atoms with Crippen molar-refractivity contribution >= 4 is 55.6 Å². The molecule has 1 aliphatic heterocycles. The second-order valence-electron chi connectivity index (χ2n) is 8.85. The Labute approximate surface area is 212 Å². The SMILES string of the molecule is CCOC(=O)NC(=O)c1c(NC(=O)C2CCCN(S(=O)(=O)c3cccs3)C2)sc2c1CCC(C)C2. The lowest BCUT2D eigenvalue weighted by molar-refractivity contribution is -0.120. The Morgan fingerprint density at radius 1 is 1.26 bits per heavy atom. The van der Waals surface area contributed by atoms with E-state index >= 15 is 0 Å². The first-order valence-electron chi connectivity index (χ1n) is 11.7. The van der Waals surface area contributed by atoms with Crippen LogP contribution >= 0.6 is 22.7 Å². The van der Waals surface area contributed by atoms with Crippen LogP contribution < -0.4 is 10.6 Å². The highest BCUT2D eigenvalue weighted by Gasteiger charge is 2.35. The molecular weight excluding hydrogens is 510 g/mol. The van der Waals surface area contributed by atoms with Gasteiger partial charge >= 0.3 is 6.09 Å². The number of carbonyl (C=O) groups excluding carboxylic acids is 3. The number of nitrogens with one attached hydrogen (secondary N) is 2. The molecular formula is C23H29N3O6S3. The first kappa shape index (κ1) is 25.8. The topological polar surface area (TPSA) is 122 Å². The van der Waals surface area contributed by atoms with Gasteiger partial charge in [0.15, 0.2) is 0 Å². The van der Waals surface area contributed by atoms with E-state index in [1.54, 1.807) is 24.4 Å². The summed E-state index contributed by atoms with van der Waals surface area (Å²) in [5, 5.41) is 7.25. The van der Waals surface area contributed by atoms with E-state index in [2.05, 4.69) is 17.6 Å². The number of piperidine rings is 1. The second kappa shape index (κ2) is 10.8. The summed E-state index contributed by atoms with van der Waals surface area (Å²) in [5.41, 5.74) is 1.16. The maximum absolute atomic E-state index is 13.3. The zero-order valence-electron chi connectivity index (χ0n) is 19.7. The molecule has 12 heteroatoms. The molecule has 35 heavy (non-hydrogen) atoms. The van der Waals surface area contributed by atoms with Crippen LogP contribution in [-0.4, -0.2) is 50.3 Å². The quantitative estimate of drug-likeness (QED) is 0.575. The molecule has 3 heterocycles. The third-order valence-electron chi connectivity index (χ3n) is 6.31. The van der Waals surface area contributed by atoms with Gasteiger partial charge in [0, 0.05) is 18.0 Å². The molecule has 0 aromatic carbocycles. The fourth-order valence-electron chi connectivity index (χ4n) is 4.53. The van der Waals surface area contributed by atoms with Gasteiger partial charge in [0.1, 0.15) is 9.21 Å². The van der Waals surface area contributed by atoms with Gasteiger partial charge < -0.3 is 10.1 Å². The number of amides is 3. The largest absolute Gasteiger partial charge is 0.450 e. The molecule has 0 bridgehead atoms. The standard InChI is InChI=1S/C23H29N3O6S3/c1-3-32-23(29)25-21(28)19-16-9-8-14(2)12-17(16)34-22(19)24-20(27)15-6-4-10-26(13-15)35(30,31)18-7-5-11-33-18/h5,7,11,14-15H,3-4,6,8-10,12-13H2,1-2H3,(H,24,27)(H,25,28,29). The molecule has 2 atom stereocenters. The monoisotopic (exact) mass is 539 g/mol. The van der Waals surface area contributed by atoms with Crippen molar-refractivity contribution in [1.29, 1.82) is 0 Å². The van der Waals surface area contributed by atoms with Crippen LogP contribution in [-0.2, 0) is 32.4 Å². The van der Waals surface area contributed by atoms with E-state index in [9.17, 15) is 22.8 Å². The summed E-state index contributed by atoms with van der Waals surface area (Å²) >= 11 is 2.51. The molecule has 1 aliphatic carbocycles. The van der Waals surface area contributed by atoms with E-state index in [1.807, 2.05) is 0 Å². The minimum Gasteiger partial charge on any atom is -0.450 e. The molecule has 3 amide bonds. The number of anilines is 1. The van der Waals surface area contributed by atoms with Crippen LogP contribution in [0.2, 0.25) is 0 Å². The van der Waals surface area contributed by atoms with Gasteiger partial charge in [-0.25, -0.2) is 13.2 Å². The highest BCUT2D eigenvalue weighted by atomic mass is 32.2. The van der Waals surface area contributed by atoms with Crippen LogP contribution in [0.3, 0.4) is 0 Å². The fourth-order valence-corrected chi connectivity index (χ4v) is 8.61. The minimum atomic E-state index is -3.65. The molecule has 2 aromatic heterocycles. The van der Waals surface area contributed by atoms with Gasteiger partial charge in [-0.3, -0.25) is 14.9 Å². The number of rotatable bonds is 6. The second-order valence-corrected chi connectivity index (χ2v) is 13.1. The molecule has 9 nitrogen and oxygen atoms in total. The molecule has 0 radical (unpaired) electrons. The van der Waals surface area contributed by atoms with E-state index in [1.165, 1.54) is 15.6 Å². The molecule has 1 saturated heterocycles. The van der Waals surface area contributed by atoms with Gasteiger partial charge in [-0.05, 0) is 62.0 Å². The van der Waals surface area contributed by atoms with Crippen LogP contribution in [0, 0.1) is 11.8 Å². The van der Waals surface area contributed by atoms with Crippen molar-refractivity contribution in [1.82, 2.24) is 9.62 Å². The van der Waals surface area contributed by atoms with Crippen LogP contribution in [0.5, 0.6) is 0 Å². The van der Waals surface area contributed by atoms with Crippen molar-refractivity contribution < 1.29 is 27.5 Å². The lowest BCUT2D eigenvalue weighted by Gasteiger charge is -2.30. The van der Waals surface area contributed by atoms with Crippen LogP contribution in [0.15, 0.2) is 21.7 Å². The Kier molecular flexibility index (Phi) is 7.94. The zero-order chi connectivity index (χ0) is 25.2. The zero-order valence-corrected chi connectivity index (χ0v) is 22.1. The Morgan fingerprint density at radius 3 is 2.77 bits per heavy atom. The predicted molar refractivity (Wildman–Crippen MR) is 134 cm³/mol. The number of hydrogen-bond acceptors (Lipinski definition) is 8. The van der Waals surface area contributed by atoms with Gasteiger partial charge in [0.25, 0.3) is 15.9 Å². The predicted octanol–water partition coefficient (Wildman–Crippen LogP) is 3.86. The van der Waals surface area contributed by atoms with Gasteiger partial charge in [0.2, 0.25) is 5.91 Å². The lowest BCUT2D eigenvalue weighted by Crippen LogP contribution is -2.43. The maximum Gasteiger partial charge on any atom is 0.414 e. The number of hydrogen-bond donors (Lipinski definition) is 2. The number of imide groups is 1. The molecule has 0 saturated carbocycles. The van der Waals surface area contributed by atoms with Gasteiger partial charge in [-0.2, -0.15) is 4.31 Å². The average molecular weight is 540 g/mol. The molecule has 2 N–H and O–H groups in total. The molecule has 2 aromatic rings. The number of sulfonamides is 1. The third-order valence-corrected chi connectivity index (χ3v) is 10.7. The number of nitrogens with zero attached hydrogens (tertiary/aromatic N) is 1. The summed E-state index contributed by atoms with van der Waals surface area (Å²) in [6.45, 7) is 4.37. The van der Waals surface area contributed by atoms with Gasteiger partial charge in [-0.1, -0.05) is 13.0 Å². The summed E-state index contributed by atoms with van der Waals surface area (Å²) in [6.07, 6.45) is 2.68. The van der Waals surface area contributed by atoms with E-state index in [0.717, 1.165) is 34.6 Å². The molecule has 190 valence electrons. The van der Waals surface area contributed by atoms with E-state index in [-0.39, 0.29) is 23.3 Å². The Bertz CT molecular complexity index is 1210. The smallest absolute Gasteiger partial charge is 0.414 e. The maximum atomic E-state index is 13.3. The van der Waals surface area contributed by atoms with Crippen molar-refractivity contribution in [3.8, 4) is 0 Å². The minimum absolute atomic E-state index is 0.0819. The van der Waals surface area contributed by atoms with Crippen LogP contribution in [0.1, 0.15) is 53.9 Å². The highest BCUT2D eigenvalue weighted by Crippen LogP contribution is 2.40. The Morgan fingerprint density at radius 2 is 2.06 bits per heavy atom. The summed E-state index contributed by atoms with van der Waals surface area (Å²) in [6, 6.07) is 3.25. The number of thiophene rings is 2. The molecule has 2 aliphatic rings. The van der Waals surface area contributed by atoms with E-state index in [4.69, 9.17) is 4.74 Å². The number of ether oxygens (including phenoxy) is 1. The summed E-state index contributed by atoms with van der Waals surface area (Å²) in [5.74, 6) is -1.01. The molecule has 4 rings (SSSR count). The van der Waals surface area contributed by atoms with Crippen LogP contribution in [0.25, 0.3) is 0 Å². The lowest BCUT2D eigenvalue weighted by atomic mass is 9.88. The van der Waals surface area contributed by atoms with Crippen molar-refractivity contribution in [2.45, 2.75) is 50.2 Å². The molecule has 1 fully saturated rings. The Balaban J connectivity index is 1.54. The number of fused-ring (bicyclic) bond motifs is 1. The first-order valence-corrected chi connectivity index (χ1v) is 14.8. The van der Waals surface area contributed by atoms with Gasteiger partial charge in [-0.15, -0.1) is 22.7 Å². The van der Waals surface area contributed by atoms with Crippen molar-refractivity contribution in [3.05, 3.63) is 33.5 Å². The molecule has 0 spiro atoms. The Hall–Kier alpha value is -2.28. The van der Waals surface area contributed by atoms with Crippen molar-refractivity contribution in [2.75, 3.05) is 25.0 Å². The third kappa shape index (κ3) is 5.60. The van der Waals surface area contributed by atoms with Gasteiger partial charge in [0.05, 0.1) is 18.1 Å². The van der Waals surface area contributed by atoms with Crippen LogP contribution in [0.4, 0.5) is 9.80 Å².